The van der Waals surface area contributed by atoms with Gasteiger partial charge in [0.2, 0.25) is 16.0 Å². The van der Waals surface area contributed by atoms with Gasteiger partial charge in [-0.3, -0.25) is 0 Å². The maximum absolute atomic E-state index is 15.3. The highest BCUT2D eigenvalue weighted by molar-refractivity contribution is 7.89. The van der Waals surface area contributed by atoms with Crippen LogP contribution >= 0.6 is 0 Å². The van der Waals surface area contributed by atoms with E-state index in [2.05, 4.69) is 21.8 Å². The molecule has 2 fully saturated rings. The van der Waals surface area contributed by atoms with Crippen LogP contribution in [-0.2, 0) is 21.3 Å². The number of benzene rings is 1. The summed E-state index contributed by atoms with van der Waals surface area (Å²) < 4.78 is 50.1. The third-order valence-corrected chi connectivity index (χ3v) is 9.54. The van der Waals surface area contributed by atoms with E-state index in [1.165, 1.54) is 16.4 Å². The zero-order valence-corrected chi connectivity index (χ0v) is 22.7. The molecule has 11 heteroatoms. The van der Waals surface area contributed by atoms with Crippen molar-refractivity contribution in [3.63, 3.8) is 0 Å². The van der Waals surface area contributed by atoms with Crippen molar-refractivity contribution < 1.29 is 17.5 Å². The Morgan fingerprint density at radius 1 is 1.18 bits per heavy atom. The summed E-state index contributed by atoms with van der Waals surface area (Å²) in [6.07, 6.45) is 10.0. The molecule has 2 aliphatic rings. The molecule has 3 N–H and O–H groups in total. The maximum atomic E-state index is 15.3. The lowest BCUT2D eigenvalue weighted by molar-refractivity contribution is 0.0729. The second-order valence-electron chi connectivity index (χ2n) is 10.3. The van der Waals surface area contributed by atoms with Crippen molar-refractivity contribution in [3.05, 3.63) is 36.4 Å². The van der Waals surface area contributed by atoms with Crippen LogP contribution in [0.2, 0.25) is 0 Å². The largest absolute Gasteiger partial charge is 0.379 e. The lowest BCUT2D eigenvalue weighted by Crippen LogP contribution is -2.40. The van der Waals surface area contributed by atoms with Crippen molar-refractivity contribution in [3.8, 4) is 11.1 Å². The molecule has 0 radical (unpaired) electrons. The summed E-state index contributed by atoms with van der Waals surface area (Å²) in [7, 11) is -3.94. The number of hydrogen-bond acceptors (Lipinski definition) is 7. The molecule has 1 aromatic carbocycles. The van der Waals surface area contributed by atoms with Crippen molar-refractivity contribution in [1.82, 2.24) is 18.8 Å². The molecule has 1 saturated carbocycles. The van der Waals surface area contributed by atoms with Gasteiger partial charge in [-0.05, 0) is 55.7 Å². The van der Waals surface area contributed by atoms with E-state index in [0.717, 1.165) is 68.2 Å². The average Bonchev–Trinajstić information content (AvgIpc) is 3.28. The maximum Gasteiger partial charge on any atom is 0.246 e. The van der Waals surface area contributed by atoms with Crippen LogP contribution in [0.3, 0.4) is 0 Å². The van der Waals surface area contributed by atoms with Crippen molar-refractivity contribution in [1.29, 1.82) is 0 Å². The van der Waals surface area contributed by atoms with Gasteiger partial charge in [0.05, 0.1) is 13.2 Å². The van der Waals surface area contributed by atoms with E-state index in [4.69, 9.17) is 15.5 Å². The van der Waals surface area contributed by atoms with E-state index >= 15 is 4.39 Å². The molecule has 0 amide bonds. The number of ether oxygens (including phenoxy) is 1. The van der Waals surface area contributed by atoms with E-state index in [-0.39, 0.29) is 24.0 Å². The molecule has 0 bridgehead atoms. The Hall–Kier alpha value is -2.60. The molecule has 206 valence electrons. The summed E-state index contributed by atoms with van der Waals surface area (Å²) in [4.78, 5) is 9.02. The van der Waals surface area contributed by atoms with Crippen LogP contribution in [0.15, 0.2) is 35.5 Å². The summed E-state index contributed by atoms with van der Waals surface area (Å²) in [5.41, 5.74) is 8.28. The fourth-order valence-corrected chi connectivity index (χ4v) is 6.81. The summed E-state index contributed by atoms with van der Waals surface area (Å²) in [5, 5.41) is 4.10. The Morgan fingerprint density at radius 2 is 1.95 bits per heavy atom. The number of sulfonamides is 1. The van der Waals surface area contributed by atoms with Crippen molar-refractivity contribution in [2.24, 2.45) is 11.7 Å². The molecule has 1 aliphatic carbocycles. The van der Waals surface area contributed by atoms with Gasteiger partial charge in [-0.25, -0.2) is 17.8 Å². The molecule has 0 atom stereocenters. The van der Waals surface area contributed by atoms with Crippen LogP contribution in [-0.4, -0.2) is 66.1 Å². The summed E-state index contributed by atoms with van der Waals surface area (Å²) in [5.74, 6) is 0.290. The highest BCUT2D eigenvalue weighted by Crippen LogP contribution is 2.34. The Balaban J connectivity index is 1.49. The molecule has 1 saturated heterocycles. The molecule has 9 nitrogen and oxygen atoms in total. The van der Waals surface area contributed by atoms with Crippen molar-refractivity contribution in [2.75, 3.05) is 38.2 Å². The molecular weight excluding hydrogens is 507 g/mol. The molecule has 3 aromatic rings. The normalized spacial score (nSPS) is 21.1. The minimum Gasteiger partial charge on any atom is -0.379 e. The number of nitrogens with one attached hydrogen (secondary N) is 1. The molecule has 3 heterocycles. The van der Waals surface area contributed by atoms with Crippen LogP contribution in [0.4, 0.5) is 10.3 Å². The summed E-state index contributed by atoms with van der Waals surface area (Å²) in [6.45, 7) is 4.77. The quantitative estimate of drug-likeness (QED) is 0.392. The number of anilines is 1. The number of nitrogens with zero attached hydrogens (tertiary/aromatic N) is 4. The predicted octanol–water partition coefficient (Wildman–Crippen LogP) is 3.99. The number of aromatic nitrogens is 3. The number of morpholine rings is 1. The van der Waals surface area contributed by atoms with Crippen molar-refractivity contribution in [2.45, 2.75) is 62.9 Å². The first-order chi connectivity index (χ1) is 18.4. The first-order valence-corrected chi connectivity index (χ1v) is 15.0. The van der Waals surface area contributed by atoms with E-state index < -0.39 is 15.8 Å². The second-order valence-corrected chi connectivity index (χ2v) is 12.3. The average molecular weight is 545 g/mol. The minimum atomic E-state index is -3.94. The van der Waals surface area contributed by atoms with Gasteiger partial charge in [-0.2, -0.15) is 9.29 Å². The van der Waals surface area contributed by atoms with Crippen LogP contribution in [0, 0.1) is 11.7 Å². The van der Waals surface area contributed by atoms with Gasteiger partial charge in [0.1, 0.15) is 16.4 Å². The number of unbranched alkanes of at least 4 members (excludes halogenated alkanes) is 1. The number of nitrogens with two attached hydrogens (primary N) is 1. The molecule has 0 spiro atoms. The van der Waals surface area contributed by atoms with E-state index in [0.29, 0.717) is 30.6 Å². The van der Waals surface area contributed by atoms with Crippen LogP contribution in [0.5, 0.6) is 0 Å². The lowest BCUT2D eigenvalue weighted by Gasteiger charge is -2.26. The molecule has 38 heavy (non-hydrogen) atoms. The third kappa shape index (κ3) is 5.70. The number of hydrogen-bond donors (Lipinski definition) is 2. The van der Waals surface area contributed by atoms with Gasteiger partial charge in [0.25, 0.3) is 0 Å². The Labute approximate surface area is 223 Å². The molecular formula is C27H37FN6O3S. The van der Waals surface area contributed by atoms with Gasteiger partial charge >= 0.3 is 0 Å². The first-order valence-electron chi connectivity index (χ1n) is 13.6. The number of fused-ring (bicyclic) bond motifs is 1. The highest BCUT2D eigenvalue weighted by Gasteiger charge is 2.29. The number of rotatable bonds is 9. The summed E-state index contributed by atoms with van der Waals surface area (Å²) in [6, 6.07) is 4.61. The van der Waals surface area contributed by atoms with E-state index in [1.54, 1.807) is 12.3 Å². The predicted molar refractivity (Wildman–Crippen MR) is 146 cm³/mol. The van der Waals surface area contributed by atoms with E-state index in [9.17, 15) is 8.42 Å². The van der Waals surface area contributed by atoms with Crippen molar-refractivity contribution >= 4 is 27.0 Å². The lowest BCUT2D eigenvalue weighted by atomic mass is 9.86. The highest BCUT2D eigenvalue weighted by atomic mass is 32.2. The Kier molecular flexibility index (Phi) is 8.27. The minimum absolute atomic E-state index is 0.217. The molecule has 0 unspecified atom stereocenters. The van der Waals surface area contributed by atoms with E-state index in [1.807, 2.05) is 6.20 Å². The third-order valence-electron chi connectivity index (χ3n) is 7.61. The zero-order chi connectivity index (χ0) is 26.7. The van der Waals surface area contributed by atoms with Crippen LogP contribution in [0.25, 0.3) is 22.2 Å². The van der Waals surface area contributed by atoms with Gasteiger partial charge in [-0.1, -0.05) is 19.4 Å². The van der Waals surface area contributed by atoms with Gasteiger partial charge < -0.3 is 20.4 Å². The molecule has 1 aliphatic heterocycles. The Bertz CT molecular complexity index is 1360. The fourth-order valence-electron chi connectivity index (χ4n) is 5.35. The van der Waals surface area contributed by atoms with Gasteiger partial charge in [0, 0.05) is 55.6 Å². The monoisotopic (exact) mass is 544 g/mol. The fraction of sp³-hybridized carbons (Fsp3) is 0.556. The zero-order valence-electron chi connectivity index (χ0n) is 21.9. The smallest absolute Gasteiger partial charge is 0.246 e. The topological polar surface area (TPSA) is 115 Å². The molecule has 5 rings (SSSR count). The van der Waals surface area contributed by atoms with Gasteiger partial charge in [0.15, 0.2) is 0 Å². The Morgan fingerprint density at radius 3 is 2.66 bits per heavy atom. The number of halogens is 1. The molecule has 2 aromatic heterocycles. The SMILES string of the molecule is CCCCNc1ncc2c(-c3ccc(S(=O)(=O)N4CCOCC4)c(F)c3)cn(CC3CCC(N)CC3)c2n1. The van der Waals surface area contributed by atoms with Crippen LogP contribution < -0.4 is 11.1 Å². The second kappa shape index (κ2) is 11.6. The van der Waals surface area contributed by atoms with Gasteiger partial charge in [-0.15, -0.1) is 0 Å². The summed E-state index contributed by atoms with van der Waals surface area (Å²) >= 11 is 0. The standard InChI is InChI=1S/C27H37FN6O3S/c1-2-3-10-30-27-31-16-22-23(18-33(26(22)32-27)17-19-4-7-21(29)8-5-19)20-6-9-25(24(28)15-20)38(35,36)34-11-13-37-14-12-34/h6,9,15-16,18-19,21H,2-5,7-8,10-14,17,29H2,1H3,(H,30,31,32). The van der Waals surface area contributed by atoms with Crippen LogP contribution in [0.1, 0.15) is 45.4 Å². The first kappa shape index (κ1) is 27.0.